The third-order valence-corrected chi connectivity index (χ3v) is 3.51. The molecule has 0 bridgehead atoms. The molecule has 0 aliphatic carbocycles. The van der Waals surface area contributed by atoms with Crippen molar-refractivity contribution in [2.75, 3.05) is 19.7 Å². The fourth-order valence-electron chi connectivity index (χ4n) is 2.44. The van der Waals surface area contributed by atoms with E-state index in [1.807, 2.05) is 0 Å². The van der Waals surface area contributed by atoms with Gasteiger partial charge < -0.3 is 14.2 Å². The highest BCUT2D eigenvalue weighted by atomic mass is 16.5. The second-order valence-corrected chi connectivity index (χ2v) is 5.08. The summed E-state index contributed by atoms with van der Waals surface area (Å²) in [4.78, 5) is 17.9. The Balaban J connectivity index is 1.54. The van der Waals surface area contributed by atoms with Gasteiger partial charge in [-0.25, -0.2) is 9.67 Å². The Morgan fingerprint density at radius 2 is 2.48 bits per heavy atom. The molecular formula is C13H17N5O3. The van der Waals surface area contributed by atoms with Crippen LogP contribution in [0.5, 0.6) is 5.88 Å². The minimum Gasteiger partial charge on any atom is -0.465 e. The average Bonchev–Trinajstić information content (AvgIpc) is 3.16. The molecule has 2 aromatic rings. The predicted molar refractivity (Wildman–Crippen MR) is 71.6 cm³/mol. The maximum atomic E-state index is 12.2. The van der Waals surface area contributed by atoms with Crippen molar-refractivity contribution in [2.45, 2.75) is 25.8 Å². The number of aromatic nitrogens is 4. The minimum absolute atomic E-state index is 0.0317. The molecule has 3 rings (SSSR count). The SMILES string of the molecule is Cc1cc(OCC(=O)N2CCC[C@@H](n3cncn3)C2)no1. The van der Waals surface area contributed by atoms with Crippen LogP contribution in [0.15, 0.2) is 23.2 Å². The number of aryl methyl sites for hydroxylation is 1. The van der Waals surface area contributed by atoms with Crippen LogP contribution in [0, 0.1) is 6.92 Å². The van der Waals surface area contributed by atoms with E-state index in [4.69, 9.17) is 9.26 Å². The van der Waals surface area contributed by atoms with Crippen molar-refractivity contribution < 1.29 is 14.1 Å². The number of rotatable bonds is 4. The third-order valence-electron chi connectivity index (χ3n) is 3.51. The van der Waals surface area contributed by atoms with Crippen LogP contribution >= 0.6 is 0 Å². The van der Waals surface area contributed by atoms with Crippen LogP contribution in [0.4, 0.5) is 0 Å². The molecule has 8 nitrogen and oxygen atoms in total. The van der Waals surface area contributed by atoms with Gasteiger partial charge in [-0.15, -0.1) is 0 Å². The van der Waals surface area contributed by atoms with Gasteiger partial charge in [-0.2, -0.15) is 5.10 Å². The summed E-state index contributed by atoms with van der Waals surface area (Å²) >= 11 is 0. The van der Waals surface area contributed by atoms with Crippen LogP contribution < -0.4 is 4.74 Å². The van der Waals surface area contributed by atoms with Gasteiger partial charge in [0.1, 0.15) is 18.4 Å². The van der Waals surface area contributed by atoms with Crippen molar-refractivity contribution >= 4 is 5.91 Å². The number of piperidine rings is 1. The average molecular weight is 291 g/mol. The van der Waals surface area contributed by atoms with Crippen LogP contribution in [-0.2, 0) is 4.79 Å². The molecule has 1 amide bonds. The number of hydrogen-bond acceptors (Lipinski definition) is 6. The van der Waals surface area contributed by atoms with Gasteiger partial charge >= 0.3 is 0 Å². The monoisotopic (exact) mass is 291 g/mol. The maximum Gasteiger partial charge on any atom is 0.260 e. The molecular weight excluding hydrogens is 274 g/mol. The number of likely N-dealkylation sites (tertiary alicyclic amines) is 1. The summed E-state index contributed by atoms with van der Waals surface area (Å²) < 4.78 is 12.0. The van der Waals surface area contributed by atoms with Crippen LogP contribution in [0.1, 0.15) is 24.6 Å². The van der Waals surface area contributed by atoms with E-state index >= 15 is 0 Å². The summed E-state index contributed by atoms with van der Waals surface area (Å²) in [5.41, 5.74) is 0. The highest BCUT2D eigenvalue weighted by molar-refractivity contribution is 5.77. The first-order chi connectivity index (χ1) is 10.2. The molecule has 0 saturated carbocycles. The lowest BCUT2D eigenvalue weighted by Gasteiger charge is -2.32. The molecule has 0 spiro atoms. The first kappa shape index (κ1) is 13.6. The van der Waals surface area contributed by atoms with Crippen LogP contribution in [0.3, 0.4) is 0 Å². The van der Waals surface area contributed by atoms with E-state index in [2.05, 4.69) is 15.2 Å². The lowest BCUT2D eigenvalue weighted by atomic mass is 10.1. The number of carbonyl (C=O) groups excluding carboxylic acids is 1. The zero-order chi connectivity index (χ0) is 14.7. The van der Waals surface area contributed by atoms with Crippen molar-refractivity contribution in [1.29, 1.82) is 0 Å². The fraction of sp³-hybridized carbons (Fsp3) is 0.538. The first-order valence-electron chi connectivity index (χ1n) is 6.90. The number of nitrogens with zero attached hydrogens (tertiary/aromatic N) is 5. The van der Waals surface area contributed by atoms with Crippen molar-refractivity contribution in [3.05, 3.63) is 24.5 Å². The summed E-state index contributed by atoms with van der Waals surface area (Å²) in [7, 11) is 0. The molecule has 0 aromatic carbocycles. The van der Waals surface area contributed by atoms with Crippen LogP contribution in [0.25, 0.3) is 0 Å². The van der Waals surface area contributed by atoms with Crippen molar-refractivity contribution in [1.82, 2.24) is 24.8 Å². The van der Waals surface area contributed by atoms with E-state index in [0.717, 1.165) is 19.4 Å². The number of hydrogen-bond donors (Lipinski definition) is 0. The Kier molecular flexibility index (Phi) is 3.85. The zero-order valence-corrected chi connectivity index (χ0v) is 11.8. The molecule has 2 aromatic heterocycles. The van der Waals surface area contributed by atoms with Crippen molar-refractivity contribution in [3.63, 3.8) is 0 Å². The molecule has 3 heterocycles. The minimum atomic E-state index is -0.0551. The fourth-order valence-corrected chi connectivity index (χ4v) is 2.44. The molecule has 112 valence electrons. The van der Waals surface area contributed by atoms with E-state index < -0.39 is 0 Å². The van der Waals surface area contributed by atoms with Gasteiger partial charge in [0, 0.05) is 19.2 Å². The Bertz CT molecular complexity index is 595. The predicted octanol–water partition coefficient (Wildman–Crippen LogP) is 0.817. The summed E-state index contributed by atoms with van der Waals surface area (Å²) in [6.45, 7) is 3.11. The standard InChI is InChI=1S/C13H17N5O3/c1-10-5-12(16-21-10)20-7-13(19)17-4-2-3-11(6-17)18-9-14-8-15-18/h5,8-9,11H,2-4,6-7H2,1H3/t11-/m1/s1. The van der Waals surface area contributed by atoms with E-state index in [9.17, 15) is 4.79 Å². The van der Waals surface area contributed by atoms with Gasteiger partial charge in [0.15, 0.2) is 6.61 Å². The molecule has 8 heteroatoms. The Morgan fingerprint density at radius 3 is 3.19 bits per heavy atom. The normalized spacial score (nSPS) is 18.7. The molecule has 0 N–H and O–H groups in total. The zero-order valence-electron chi connectivity index (χ0n) is 11.8. The Morgan fingerprint density at radius 1 is 1.57 bits per heavy atom. The summed E-state index contributed by atoms with van der Waals surface area (Å²) in [6.07, 6.45) is 5.14. The van der Waals surface area contributed by atoms with Gasteiger partial charge in [0.05, 0.1) is 6.04 Å². The highest BCUT2D eigenvalue weighted by Gasteiger charge is 2.25. The molecule has 1 aliphatic heterocycles. The topological polar surface area (TPSA) is 86.3 Å². The van der Waals surface area contributed by atoms with Crippen molar-refractivity contribution in [2.24, 2.45) is 0 Å². The van der Waals surface area contributed by atoms with Gasteiger partial charge in [-0.1, -0.05) is 0 Å². The van der Waals surface area contributed by atoms with Gasteiger partial charge in [-0.3, -0.25) is 4.79 Å². The molecule has 1 saturated heterocycles. The van der Waals surface area contributed by atoms with Gasteiger partial charge in [0.2, 0.25) is 0 Å². The second-order valence-electron chi connectivity index (χ2n) is 5.08. The van der Waals surface area contributed by atoms with E-state index in [1.165, 1.54) is 6.33 Å². The van der Waals surface area contributed by atoms with E-state index in [1.54, 1.807) is 28.9 Å². The maximum absolute atomic E-state index is 12.2. The summed E-state index contributed by atoms with van der Waals surface area (Å²) in [6, 6.07) is 1.83. The van der Waals surface area contributed by atoms with E-state index in [0.29, 0.717) is 18.2 Å². The Labute approximate surface area is 121 Å². The molecule has 1 atom stereocenters. The van der Waals surface area contributed by atoms with Crippen LogP contribution in [-0.4, -0.2) is 50.4 Å². The van der Waals surface area contributed by atoms with Crippen LogP contribution in [0.2, 0.25) is 0 Å². The lowest BCUT2D eigenvalue weighted by Crippen LogP contribution is -2.43. The number of carbonyl (C=O) groups is 1. The highest BCUT2D eigenvalue weighted by Crippen LogP contribution is 2.20. The lowest BCUT2D eigenvalue weighted by molar-refractivity contribution is -0.135. The summed E-state index contributed by atoms with van der Waals surface area (Å²) in [5, 5.41) is 7.84. The third kappa shape index (κ3) is 3.21. The molecule has 1 aliphatic rings. The molecule has 0 unspecified atom stereocenters. The summed E-state index contributed by atoms with van der Waals surface area (Å²) in [5.74, 6) is 0.938. The smallest absolute Gasteiger partial charge is 0.260 e. The largest absolute Gasteiger partial charge is 0.465 e. The quantitative estimate of drug-likeness (QED) is 0.829. The second kappa shape index (κ2) is 5.94. The molecule has 1 fully saturated rings. The Hall–Kier alpha value is -2.38. The number of ether oxygens (including phenoxy) is 1. The van der Waals surface area contributed by atoms with E-state index in [-0.39, 0.29) is 18.6 Å². The molecule has 0 radical (unpaired) electrons. The van der Waals surface area contributed by atoms with Gasteiger partial charge in [0.25, 0.3) is 11.8 Å². The molecule has 21 heavy (non-hydrogen) atoms. The first-order valence-corrected chi connectivity index (χ1v) is 6.90. The van der Waals surface area contributed by atoms with Gasteiger partial charge in [-0.05, 0) is 24.9 Å². The van der Waals surface area contributed by atoms with Crippen molar-refractivity contribution in [3.8, 4) is 5.88 Å². The number of amides is 1.